The lowest BCUT2D eigenvalue weighted by Gasteiger charge is -2.38. The molecule has 1 aliphatic rings. The molecule has 3 aromatic carbocycles. The molecule has 43 heavy (non-hydrogen) atoms. The summed E-state index contributed by atoms with van der Waals surface area (Å²) < 4.78 is 0. The number of likely N-dealkylation sites (tertiary alicyclic amines) is 1. The molecule has 4 aromatic rings. The van der Waals surface area contributed by atoms with E-state index in [-0.39, 0.29) is 5.41 Å². The van der Waals surface area contributed by atoms with Crippen molar-refractivity contribution in [3.63, 3.8) is 0 Å². The Bertz CT molecular complexity index is 1580. The third-order valence-corrected chi connectivity index (χ3v) is 8.57. The van der Waals surface area contributed by atoms with Gasteiger partial charge in [0.2, 0.25) is 5.95 Å². The number of benzene rings is 3. The minimum absolute atomic E-state index is 0.118. The molecule has 0 saturated carbocycles. The van der Waals surface area contributed by atoms with Gasteiger partial charge in [0.15, 0.2) is 0 Å². The lowest BCUT2D eigenvalue weighted by atomic mass is 9.86. The van der Waals surface area contributed by atoms with Crippen LogP contribution in [0.25, 0.3) is 22.7 Å². The highest BCUT2D eigenvalue weighted by Gasteiger charge is 2.22. The number of piperidine rings is 1. The average Bonchev–Trinajstić information content (AvgIpc) is 3.02. The van der Waals surface area contributed by atoms with Crippen LogP contribution in [0.15, 0.2) is 92.2 Å². The van der Waals surface area contributed by atoms with Crippen LogP contribution in [0.1, 0.15) is 75.6 Å². The maximum absolute atomic E-state index is 4.86. The van der Waals surface area contributed by atoms with E-state index < -0.39 is 0 Å². The van der Waals surface area contributed by atoms with Crippen LogP contribution in [0.4, 0.5) is 17.3 Å². The second-order valence-corrected chi connectivity index (χ2v) is 12.6. The smallest absolute Gasteiger partial charge is 0.227 e. The fraction of sp³-hybridized carbons (Fsp3) is 0.316. The van der Waals surface area contributed by atoms with Crippen molar-refractivity contribution in [1.82, 2.24) is 14.9 Å². The maximum atomic E-state index is 4.86. The summed E-state index contributed by atoms with van der Waals surface area (Å²) in [6.07, 6.45) is 6.76. The van der Waals surface area contributed by atoms with E-state index in [2.05, 4.69) is 129 Å². The molecule has 1 aliphatic heterocycles. The van der Waals surface area contributed by atoms with Crippen molar-refractivity contribution >= 4 is 28.7 Å². The summed E-state index contributed by atoms with van der Waals surface area (Å²) in [6.45, 7) is 20.9. The van der Waals surface area contributed by atoms with Crippen LogP contribution in [0, 0.1) is 6.92 Å². The molecule has 1 saturated heterocycles. The third kappa shape index (κ3) is 6.99. The van der Waals surface area contributed by atoms with Gasteiger partial charge in [-0.05, 0) is 84.5 Å². The first-order valence-electron chi connectivity index (χ1n) is 15.5. The highest BCUT2D eigenvalue weighted by molar-refractivity contribution is 5.81. The van der Waals surface area contributed by atoms with Crippen LogP contribution in [0.3, 0.4) is 0 Å². The second kappa shape index (κ2) is 12.9. The minimum Gasteiger partial charge on any atom is -0.369 e. The number of nitrogens with one attached hydrogen (secondary N) is 2. The van der Waals surface area contributed by atoms with Gasteiger partial charge in [0.05, 0.1) is 5.69 Å². The molecule has 0 aliphatic carbocycles. The zero-order chi connectivity index (χ0) is 30.6. The molecule has 0 amide bonds. The summed E-state index contributed by atoms with van der Waals surface area (Å²) in [5, 5.41) is 6.92. The highest BCUT2D eigenvalue weighted by atomic mass is 15.2. The Balaban J connectivity index is 1.28. The lowest BCUT2D eigenvalue weighted by Crippen LogP contribution is -2.37. The Morgan fingerprint density at radius 2 is 1.65 bits per heavy atom. The predicted molar refractivity (Wildman–Crippen MR) is 183 cm³/mol. The summed E-state index contributed by atoms with van der Waals surface area (Å²) in [6, 6.07) is 25.8. The maximum Gasteiger partial charge on any atom is 0.227 e. The summed E-state index contributed by atoms with van der Waals surface area (Å²) >= 11 is 0. The number of anilines is 3. The number of rotatable bonds is 9. The van der Waals surface area contributed by atoms with Crippen LogP contribution in [0.2, 0.25) is 0 Å². The van der Waals surface area contributed by atoms with E-state index in [1.807, 2.05) is 12.1 Å². The molecule has 222 valence electrons. The molecule has 0 radical (unpaired) electrons. The normalized spacial score (nSPS) is 15.2. The zero-order valence-corrected chi connectivity index (χ0v) is 26.4. The van der Waals surface area contributed by atoms with E-state index in [4.69, 9.17) is 4.98 Å². The predicted octanol–water partition coefficient (Wildman–Crippen LogP) is 9.81. The van der Waals surface area contributed by atoms with E-state index in [9.17, 15) is 0 Å². The number of nitrogens with zero attached hydrogens (tertiary/aromatic N) is 3. The van der Waals surface area contributed by atoms with Crippen LogP contribution in [0.5, 0.6) is 0 Å². The van der Waals surface area contributed by atoms with Gasteiger partial charge in [-0.1, -0.05) is 89.4 Å². The van der Waals surface area contributed by atoms with Gasteiger partial charge < -0.3 is 15.5 Å². The molecule has 5 heteroatoms. The Hall–Kier alpha value is -4.38. The lowest BCUT2D eigenvalue weighted by molar-refractivity contribution is 0.222. The summed E-state index contributed by atoms with van der Waals surface area (Å²) in [5.41, 5.74) is 10.6. The molecule has 0 bridgehead atoms. The first-order valence-corrected chi connectivity index (χ1v) is 15.5. The monoisotopic (exact) mass is 571 g/mol. The molecule has 2 heterocycles. The Morgan fingerprint density at radius 1 is 0.930 bits per heavy atom. The van der Waals surface area contributed by atoms with Crippen LogP contribution in [-0.4, -0.2) is 27.5 Å². The number of hydrogen-bond acceptors (Lipinski definition) is 5. The molecule has 5 nitrogen and oxygen atoms in total. The van der Waals surface area contributed by atoms with Gasteiger partial charge in [0.1, 0.15) is 0 Å². The number of aromatic nitrogens is 2. The largest absolute Gasteiger partial charge is 0.369 e. The van der Waals surface area contributed by atoms with E-state index in [1.165, 1.54) is 24.8 Å². The summed E-state index contributed by atoms with van der Waals surface area (Å²) in [5.74, 6) is 0.562. The minimum atomic E-state index is 0.118. The quantitative estimate of drug-likeness (QED) is 0.209. The first-order chi connectivity index (χ1) is 20.6. The van der Waals surface area contributed by atoms with Crippen molar-refractivity contribution in [2.24, 2.45) is 0 Å². The molecule has 2 N–H and O–H groups in total. The molecule has 1 unspecified atom stereocenters. The van der Waals surface area contributed by atoms with Gasteiger partial charge in [-0.3, -0.25) is 0 Å². The van der Waals surface area contributed by atoms with E-state index >= 15 is 0 Å². The SMILES string of the molecule is C=C(Nc1cccc(-c2ccnc(Nc3ccc(C(=C)N4CCCCC4CC)cc3)n2)c1C)c1ccc(C(C)(C)C)cc1. The molecule has 1 fully saturated rings. The van der Waals surface area contributed by atoms with Crippen molar-refractivity contribution in [3.05, 3.63) is 114 Å². The van der Waals surface area contributed by atoms with Crippen LogP contribution >= 0.6 is 0 Å². The van der Waals surface area contributed by atoms with Crippen molar-refractivity contribution in [1.29, 1.82) is 0 Å². The van der Waals surface area contributed by atoms with E-state index in [0.717, 1.165) is 63.7 Å². The van der Waals surface area contributed by atoms with Gasteiger partial charge in [-0.15, -0.1) is 0 Å². The second-order valence-electron chi connectivity index (χ2n) is 12.6. The Kier molecular flexibility index (Phi) is 9.00. The molecule has 0 spiro atoms. The highest BCUT2D eigenvalue weighted by Crippen LogP contribution is 2.32. The zero-order valence-electron chi connectivity index (χ0n) is 26.4. The third-order valence-electron chi connectivity index (χ3n) is 8.57. The molecule has 5 rings (SSSR count). The van der Waals surface area contributed by atoms with Crippen molar-refractivity contribution in [2.75, 3.05) is 17.2 Å². The molecular weight excluding hydrogens is 526 g/mol. The molecular formula is C38H45N5. The topological polar surface area (TPSA) is 53.1 Å². The van der Waals surface area contributed by atoms with Crippen LogP contribution < -0.4 is 10.6 Å². The first kappa shape index (κ1) is 30.1. The van der Waals surface area contributed by atoms with Crippen molar-refractivity contribution in [3.8, 4) is 11.3 Å². The van der Waals surface area contributed by atoms with Crippen molar-refractivity contribution in [2.45, 2.75) is 71.8 Å². The molecule has 1 aromatic heterocycles. The standard InChI is InChI=1S/C38H45N5/c1-8-33-12-9-10-25-43(33)28(4)30-17-21-32(22-18-30)41-37-39-24-23-36(42-37)34-13-11-14-35(26(34)2)40-27(3)29-15-19-31(20-16-29)38(5,6)7/h11,13-24,33,40H,3-4,8-10,12,25H2,1-2,5-7H3,(H,39,41,42). The Labute approximate surface area is 257 Å². The van der Waals surface area contributed by atoms with Crippen LogP contribution in [-0.2, 0) is 5.41 Å². The molecule has 1 atom stereocenters. The van der Waals surface area contributed by atoms with Gasteiger partial charge in [-0.25, -0.2) is 9.97 Å². The van der Waals surface area contributed by atoms with E-state index in [1.54, 1.807) is 6.20 Å². The van der Waals surface area contributed by atoms with Gasteiger partial charge in [0, 0.05) is 47.1 Å². The van der Waals surface area contributed by atoms with Gasteiger partial charge in [0.25, 0.3) is 0 Å². The van der Waals surface area contributed by atoms with Gasteiger partial charge in [-0.2, -0.15) is 0 Å². The van der Waals surface area contributed by atoms with Crippen molar-refractivity contribution < 1.29 is 0 Å². The summed E-state index contributed by atoms with van der Waals surface area (Å²) in [4.78, 5) is 11.9. The van der Waals surface area contributed by atoms with E-state index in [0.29, 0.717) is 12.0 Å². The summed E-state index contributed by atoms with van der Waals surface area (Å²) in [7, 11) is 0. The fourth-order valence-corrected chi connectivity index (χ4v) is 5.84. The fourth-order valence-electron chi connectivity index (χ4n) is 5.84. The average molecular weight is 572 g/mol. The van der Waals surface area contributed by atoms with Gasteiger partial charge >= 0.3 is 0 Å². The number of hydrogen-bond donors (Lipinski definition) is 2. The Morgan fingerprint density at radius 3 is 2.35 bits per heavy atom.